The van der Waals surface area contributed by atoms with E-state index in [-0.39, 0.29) is 0 Å². The zero-order chi connectivity index (χ0) is 11.8. The molecule has 1 aliphatic carbocycles. The fourth-order valence-electron chi connectivity index (χ4n) is 3.36. The van der Waals surface area contributed by atoms with E-state index in [1.165, 1.54) is 42.3 Å². The summed E-state index contributed by atoms with van der Waals surface area (Å²) in [4.78, 5) is 2.73. The van der Waals surface area contributed by atoms with Crippen molar-refractivity contribution in [1.29, 1.82) is 0 Å². The van der Waals surface area contributed by atoms with Crippen LogP contribution in [0.5, 0.6) is 0 Å². The van der Waals surface area contributed by atoms with E-state index in [0.717, 1.165) is 18.0 Å². The van der Waals surface area contributed by atoms with Crippen LogP contribution in [-0.4, -0.2) is 23.5 Å². The summed E-state index contributed by atoms with van der Waals surface area (Å²) in [6.45, 7) is 3.72. The number of nitrogens with zero attached hydrogens (tertiary/aromatic N) is 1. The third-order valence-corrected chi connectivity index (χ3v) is 5.06. The molecule has 2 heteroatoms. The summed E-state index contributed by atoms with van der Waals surface area (Å²) in [6.07, 6.45) is 5.54. The third-order valence-electron chi connectivity index (χ3n) is 4.53. The van der Waals surface area contributed by atoms with Gasteiger partial charge >= 0.3 is 0 Å². The number of rotatable bonds is 2. The molecule has 0 aromatic heterocycles. The molecular weight excluding hydrogens is 274 g/mol. The summed E-state index contributed by atoms with van der Waals surface area (Å²) in [7, 11) is 0. The molecule has 92 valence electrons. The van der Waals surface area contributed by atoms with Gasteiger partial charge < -0.3 is 0 Å². The van der Waals surface area contributed by atoms with Crippen molar-refractivity contribution in [2.75, 3.05) is 6.54 Å². The van der Waals surface area contributed by atoms with E-state index in [4.69, 9.17) is 0 Å². The zero-order valence-electron chi connectivity index (χ0n) is 10.4. The van der Waals surface area contributed by atoms with Crippen LogP contribution in [0.3, 0.4) is 0 Å². The van der Waals surface area contributed by atoms with Crippen LogP contribution in [0.1, 0.15) is 44.1 Å². The summed E-state index contributed by atoms with van der Waals surface area (Å²) >= 11 is 3.50. The van der Waals surface area contributed by atoms with Crippen LogP contribution in [0.4, 0.5) is 0 Å². The first-order valence-corrected chi connectivity index (χ1v) is 7.54. The number of benzene rings is 1. The lowest BCUT2D eigenvalue weighted by Crippen LogP contribution is -2.45. The van der Waals surface area contributed by atoms with E-state index >= 15 is 0 Å². The fraction of sp³-hybridized carbons (Fsp3) is 0.600. The smallest absolute Gasteiger partial charge is 0.0175 e. The molecule has 1 aromatic rings. The van der Waals surface area contributed by atoms with Gasteiger partial charge in [-0.05, 0) is 62.8 Å². The van der Waals surface area contributed by atoms with Crippen LogP contribution in [0.25, 0.3) is 0 Å². The molecule has 1 aromatic carbocycles. The predicted molar refractivity (Wildman–Crippen MR) is 75.3 cm³/mol. The number of halogens is 1. The molecule has 2 fully saturated rings. The van der Waals surface area contributed by atoms with E-state index in [1.54, 1.807) is 0 Å². The van der Waals surface area contributed by atoms with Gasteiger partial charge in [0.2, 0.25) is 0 Å². The Morgan fingerprint density at radius 2 is 1.88 bits per heavy atom. The van der Waals surface area contributed by atoms with Crippen molar-refractivity contribution in [3.8, 4) is 0 Å². The molecular formula is C15H20BrN. The second-order valence-electron chi connectivity index (χ2n) is 5.60. The molecule has 1 atom stereocenters. The van der Waals surface area contributed by atoms with Gasteiger partial charge in [-0.3, -0.25) is 4.90 Å². The van der Waals surface area contributed by atoms with Crippen molar-refractivity contribution in [3.05, 3.63) is 34.3 Å². The highest BCUT2D eigenvalue weighted by Gasteiger charge is 2.37. The monoisotopic (exact) mass is 293 g/mol. The average Bonchev–Trinajstić information content (AvgIpc) is 2.66. The fourth-order valence-corrected chi connectivity index (χ4v) is 3.63. The largest absolute Gasteiger partial charge is 0.298 e. The number of likely N-dealkylation sites (tertiary alicyclic amines) is 1. The molecule has 1 aliphatic heterocycles. The van der Waals surface area contributed by atoms with Crippen molar-refractivity contribution >= 4 is 15.9 Å². The minimum absolute atomic E-state index is 0.806. The molecule has 3 rings (SSSR count). The normalized spacial score (nSPS) is 33.6. The van der Waals surface area contributed by atoms with Gasteiger partial charge in [0.1, 0.15) is 0 Å². The maximum atomic E-state index is 3.50. The lowest BCUT2D eigenvalue weighted by Gasteiger charge is -2.43. The molecule has 1 nitrogen and oxygen atoms in total. The molecule has 0 unspecified atom stereocenters. The quantitative estimate of drug-likeness (QED) is 0.791. The lowest BCUT2D eigenvalue weighted by atomic mass is 9.75. The van der Waals surface area contributed by atoms with Crippen molar-refractivity contribution in [3.63, 3.8) is 0 Å². The highest BCUT2D eigenvalue weighted by molar-refractivity contribution is 9.10. The maximum absolute atomic E-state index is 3.50. The first-order chi connectivity index (χ1) is 8.24. The van der Waals surface area contributed by atoms with E-state index in [0.29, 0.717) is 0 Å². The summed E-state index contributed by atoms with van der Waals surface area (Å²) in [5.74, 6) is 0.806. The Morgan fingerprint density at radius 3 is 2.47 bits per heavy atom. The van der Waals surface area contributed by atoms with Gasteiger partial charge in [0.15, 0.2) is 0 Å². The zero-order valence-corrected chi connectivity index (χ0v) is 12.0. The van der Waals surface area contributed by atoms with Crippen LogP contribution in [0.15, 0.2) is 28.7 Å². The number of hydrogen-bond acceptors (Lipinski definition) is 1. The summed E-state index contributed by atoms with van der Waals surface area (Å²) in [6, 6.07) is 10.6. The maximum Gasteiger partial charge on any atom is 0.0175 e. The van der Waals surface area contributed by atoms with Crippen LogP contribution in [0.2, 0.25) is 0 Å². The van der Waals surface area contributed by atoms with E-state index < -0.39 is 0 Å². The Hall–Kier alpha value is -0.340. The Kier molecular flexibility index (Phi) is 3.27. The summed E-state index contributed by atoms with van der Waals surface area (Å²) in [5.41, 5.74) is 1.52. The van der Waals surface area contributed by atoms with Gasteiger partial charge in [0.25, 0.3) is 0 Å². The highest BCUT2D eigenvalue weighted by Crippen LogP contribution is 2.42. The molecule has 2 aliphatic rings. The van der Waals surface area contributed by atoms with E-state index in [1.807, 2.05) is 0 Å². The Bertz CT molecular complexity index is 380. The SMILES string of the molecule is C[C@@H]1CCCN1C1CC(c2ccc(Br)cc2)C1. The van der Waals surface area contributed by atoms with E-state index in [9.17, 15) is 0 Å². The summed E-state index contributed by atoms with van der Waals surface area (Å²) < 4.78 is 1.19. The minimum atomic E-state index is 0.806. The number of hydrogen-bond donors (Lipinski definition) is 0. The molecule has 0 N–H and O–H groups in total. The molecule has 1 saturated carbocycles. The first-order valence-electron chi connectivity index (χ1n) is 6.75. The van der Waals surface area contributed by atoms with Gasteiger partial charge in [-0.15, -0.1) is 0 Å². The van der Waals surface area contributed by atoms with Crippen molar-refractivity contribution in [2.45, 2.75) is 50.6 Å². The first kappa shape index (κ1) is 11.7. The van der Waals surface area contributed by atoms with Gasteiger partial charge in [-0.2, -0.15) is 0 Å². The average molecular weight is 294 g/mol. The lowest BCUT2D eigenvalue weighted by molar-refractivity contribution is 0.103. The van der Waals surface area contributed by atoms with Gasteiger partial charge in [-0.25, -0.2) is 0 Å². The molecule has 0 radical (unpaired) electrons. The van der Waals surface area contributed by atoms with Crippen LogP contribution in [-0.2, 0) is 0 Å². The Balaban J connectivity index is 1.59. The second kappa shape index (κ2) is 4.74. The Labute approximate surface area is 112 Å². The third kappa shape index (κ3) is 2.30. The molecule has 0 amide bonds. The Morgan fingerprint density at radius 1 is 1.18 bits per heavy atom. The van der Waals surface area contributed by atoms with Crippen molar-refractivity contribution in [2.24, 2.45) is 0 Å². The van der Waals surface area contributed by atoms with E-state index in [2.05, 4.69) is 52.0 Å². The molecule has 1 heterocycles. The highest BCUT2D eigenvalue weighted by atomic mass is 79.9. The molecule has 0 spiro atoms. The topological polar surface area (TPSA) is 3.24 Å². The van der Waals surface area contributed by atoms with Gasteiger partial charge in [-0.1, -0.05) is 28.1 Å². The van der Waals surface area contributed by atoms with Gasteiger partial charge in [0, 0.05) is 16.6 Å². The second-order valence-corrected chi connectivity index (χ2v) is 6.52. The molecule has 0 bridgehead atoms. The van der Waals surface area contributed by atoms with Gasteiger partial charge in [0.05, 0.1) is 0 Å². The van der Waals surface area contributed by atoms with Crippen LogP contribution < -0.4 is 0 Å². The molecule has 1 saturated heterocycles. The minimum Gasteiger partial charge on any atom is -0.298 e. The molecule has 17 heavy (non-hydrogen) atoms. The van der Waals surface area contributed by atoms with Crippen LogP contribution in [0, 0.1) is 0 Å². The summed E-state index contributed by atoms with van der Waals surface area (Å²) in [5, 5.41) is 0. The standard InChI is InChI=1S/C15H20BrN/c1-11-3-2-8-17(11)15-9-13(10-15)12-4-6-14(16)7-5-12/h4-7,11,13,15H,2-3,8-10H2,1H3/t11-,13?,15?/m1/s1. The van der Waals surface area contributed by atoms with Crippen molar-refractivity contribution in [1.82, 2.24) is 4.90 Å². The predicted octanol–water partition coefficient (Wildman–Crippen LogP) is 4.18. The van der Waals surface area contributed by atoms with Crippen molar-refractivity contribution < 1.29 is 0 Å². The van der Waals surface area contributed by atoms with Crippen LogP contribution >= 0.6 is 15.9 Å².